The number of rotatable bonds is 7. The van der Waals surface area contributed by atoms with Gasteiger partial charge in [-0.2, -0.15) is 0 Å². The summed E-state index contributed by atoms with van der Waals surface area (Å²) in [5.41, 5.74) is 0. The first-order valence-electron chi connectivity index (χ1n) is 4.13. The Morgan fingerprint density at radius 2 is 1.93 bits per heavy atom. The lowest BCUT2D eigenvalue weighted by molar-refractivity contribution is -0.870. The molecule has 0 aliphatic heterocycles. The van der Waals surface area contributed by atoms with Gasteiger partial charge in [0.25, 0.3) is 0 Å². The van der Waals surface area contributed by atoms with Gasteiger partial charge in [-0.25, -0.2) is 4.79 Å². The van der Waals surface area contributed by atoms with Crippen LogP contribution in [0.15, 0.2) is 0 Å². The van der Waals surface area contributed by atoms with Gasteiger partial charge < -0.3 is 14.1 Å². The van der Waals surface area contributed by atoms with Gasteiger partial charge in [0, 0.05) is 0 Å². The maximum Gasteiger partial charge on any atom is 0.330 e. The summed E-state index contributed by atoms with van der Waals surface area (Å²) in [4.78, 5) is 10.0. The van der Waals surface area contributed by atoms with Crippen LogP contribution in [0.2, 0.25) is 0 Å². The summed E-state index contributed by atoms with van der Waals surface area (Å²) in [6, 6.07) is 0. The molecule has 0 aromatic heterocycles. The first kappa shape index (κ1) is 13.6. The van der Waals surface area contributed by atoms with Crippen molar-refractivity contribution >= 4 is 14.2 Å². The van der Waals surface area contributed by atoms with E-state index in [0.29, 0.717) is 17.6 Å². The van der Waals surface area contributed by atoms with E-state index < -0.39 is 20.8 Å². The molecule has 0 aliphatic carbocycles. The molecule has 0 aromatic rings. The second-order valence-corrected chi connectivity index (χ2v) is 4.87. The van der Waals surface area contributed by atoms with Gasteiger partial charge >= 0.3 is 14.2 Å². The van der Waals surface area contributed by atoms with Crippen LogP contribution in [-0.4, -0.2) is 56.5 Å². The number of hydrogen-bond donors (Lipinski definition) is 1. The highest BCUT2D eigenvalue weighted by molar-refractivity contribution is 7.33. The summed E-state index contributed by atoms with van der Waals surface area (Å²) >= 11 is 0. The highest BCUT2D eigenvalue weighted by Crippen LogP contribution is 2.22. The van der Waals surface area contributed by atoms with Crippen LogP contribution in [0.4, 0.5) is 0 Å². The second kappa shape index (κ2) is 6.14. The Bertz CT molecular complexity index is 213. The number of hydrogen-bond acceptors (Lipinski definition) is 4. The molecule has 0 aromatic carbocycles. The van der Waals surface area contributed by atoms with E-state index in [0.717, 1.165) is 0 Å². The summed E-state index contributed by atoms with van der Waals surface area (Å²) in [6.45, 7) is 0.399. The minimum atomic E-state index is -2.65. The highest BCUT2D eigenvalue weighted by Gasteiger charge is 2.09. The van der Waals surface area contributed by atoms with E-state index in [2.05, 4.69) is 4.52 Å². The fourth-order valence-electron chi connectivity index (χ4n) is 0.565. The van der Waals surface area contributed by atoms with Gasteiger partial charge in [-0.3, -0.25) is 9.09 Å². The Morgan fingerprint density at radius 3 is 2.36 bits per heavy atom. The van der Waals surface area contributed by atoms with Crippen LogP contribution < -0.4 is 0 Å². The Balaban J connectivity index is 3.50. The number of nitrogens with zero attached hydrogens (tertiary/aromatic N) is 1. The van der Waals surface area contributed by atoms with Crippen molar-refractivity contribution in [3.05, 3.63) is 0 Å². The lowest BCUT2D eigenvalue weighted by atomic mass is 10.5. The summed E-state index contributed by atoms with van der Waals surface area (Å²) in [7, 11) is 3.26. The summed E-state index contributed by atoms with van der Waals surface area (Å²) in [6.07, 6.45) is 0. The normalized spacial score (nSPS) is 13.9. The molecule has 0 rings (SSSR count). The van der Waals surface area contributed by atoms with Gasteiger partial charge in [-0.15, -0.1) is 0 Å². The maximum absolute atomic E-state index is 10.9. The average molecular weight is 226 g/mol. The number of carbonyl (C=O) groups is 1. The SMILES string of the molecule is C[N+](C)(C)CCO[PH](=O)OCC(=O)O. The predicted molar refractivity (Wildman–Crippen MR) is 51.4 cm³/mol. The number of likely N-dealkylation sites (N-methyl/N-ethyl adjacent to an activating group) is 1. The minimum absolute atomic E-state index is 0.293. The smallest absolute Gasteiger partial charge is 0.330 e. The standard InChI is InChI=1S/C7H16NO5P/c1-8(2,3)4-5-12-14(11)13-6-7(9)10/h14H,4-6H2,1-3H3/p+1. The van der Waals surface area contributed by atoms with Gasteiger partial charge in [0.05, 0.1) is 21.1 Å². The zero-order valence-electron chi connectivity index (χ0n) is 8.65. The van der Waals surface area contributed by atoms with E-state index in [4.69, 9.17) is 9.63 Å². The van der Waals surface area contributed by atoms with Crippen molar-refractivity contribution in [2.75, 3.05) is 40.9 Å². The van der Waals surface area contributed by atoms with Gasteiger partial charge in [0.2, 0.25) is 0 Å². The van der Waals surface area contributed by atoms with Crippen molar-refractivity contribution in [3.8, 4) is 0 Å². The number of aliphatic carboxylic acids is 1. The van der Waals surface area contributed by atoms with Crippen LogP contribution in [0.25, 0.3) is 0 Å². The predicted octanol–water partition coefficient (Wildman–Crippen LogP) is 0.200. The van der Waals surface area contributed by atoms with Crippen LogP contribution in [0.1, 0.15) is 0 Å². The molecule has 1 unspecified atom stereocenters. The van der Waals surface area contributed by atoms with E-state index in [1.54, 1.807) is 0 Å². The Hall–Kier alpha value is -0.420. The van der Waals surface area contributed by atoms with Crippen LogP contribution in [0, 0.1) is 0 Å². The summed E-state index contributed by atoms with van der Waals surface area (Å²) < 4.78 is 20.8. The molecule has 84 valence electrons. The third-order valence-electron chi connectivity index (χ3n) is 1.30. The van der Waals surface area contributed by atoms with E-state index in [1.807, 2.05) is 21.1 Å². The lowest BCUT2D eigenvalue weighted by Gasteiger charge is -2.23. The maximum atomic E-state index is 10.9. The van der Waals surface area contributed by atoms with Crippen molar-refractivity contribution in [2.45, 2.75) is 0 Å². The molecular formula is C7H17NO5P+. The highest BCUT2D eigenvalue weighted by atomic mass is 31.1. The molecule has 0 fully saturated rings. The molecule has 1 N–H and O–H groups in total. The molecule has 1 atom stereocenters. The van der Waals surface area contributed by atoms with Crippen LogP contribution in [0.5, 0.6) is 0 Å². The van der Waals surface area contributed by atoms with Crippen molar-refractivity contribution in [1.82, 2.24) is 0 Å². The molecule has 0 saturated heterocycles. The number of carboxylic acid groups (broad SMARTS) is 1. The molecule has 7 heteroatoms. The van der Waals surface area contributed by atoms with Gasteiger partial charge in [-0.05, 0) is 0 Å². The Kier molecular flexibility index (Phi) is 5.95. The molecule has 14 heavy (non-hydrogen) atoms. The fraction of sp³-hybridized carbons (Fsp3) is 0.857. The molecular weight excluding hydrogens is 209 g/mol. The van der Waals surface area contributed by atoms with E-state index in [-0.39, 0.29) is 0 Å². The van der Waals surface area contributed by atoms with E-state index in [1.165, 1.54) is 0 Å². The van der Waals surface area contributed by atoms with Gasteiger partial charge in [0.15, 0.2) is 6.61 Å². The molecule has 0 heterocycles. The Labute approximate surface area is 84.0 Å². The third-order valence-corrected chi connectivity index (χ3v) is 2.12. The third kappa shape index (κ3) is 9.67. The van der Waals surface area contributed by atoms with Crippen LogP contribution in [-0.2, 0) is 18.4 Å². The molecule has 0 aliphatic rings. The first-order chi connectivity index (χ1) is 6.31. The topological polar surface area (TPSA) is 72.8 Å². The molecule has 0 radical (unpaired) electrons. The number of carboxylic acids is 1. The van der Waals surface area contributed by atoms with Crippen LogP contribution in [0.3, 0.4) is 0 Å². The largest absolute Gasteiger partial charge is 0.480 e. The summed E-state index contributed by atoms with van der Waals surface area (Å²) in [5.74, 6) is -1.15. The fourth-order valence-corrected chi connectivity index (χ4v) is 1.15. The van der Waals surface area contributed by atoms with E-state index >= 15 is 0 Å². The number of quaternary nitrogens is 1. The van der Waals surface area contributed by atoms with Crippen molar-refractivity contribution in [1.29, 1.82) is 0 Å². The summed E-state index contributed by atoms with van der Waals surface area (Å²) in [5, 5.41) is 8.21. The van der Waals surface area contributed by atoms with E-state index in [9.17, 15) is 9.36 Å². The average Bonchev–Trinajstić information content (AvgIpc) is 1.98. The van der Waals surface area contributed by atoms with Crippen LogP contribution >= 0.6 is 8.25 Å². The molecule has 0 amide bonds. The molecule has 0 spiro atoms. The quantitative estimate of drug-likeness (QED) is 0.496. The zero-order chi connectivity index (χ0) is 11.2. The van der Waals surface area contributed by atoms with Gasteiger partial charge in [-0.1, -0.05) is 0 Å². The molecule has 0 bridgehead atoms. The monoisotopic (exact) mass is 226 g/mol. The molecule has 6 nitrogen and oxygen atoms in total. The molecule has 0 saturated carbocycles. The first-order valence-corrected chi connectivity index (χ1v) is 5.35. The van der Waals surface area contributed by atoms with Crippen molar-refractivity contribution < 1.29 is 28.0 Å². The van der Waals surface area contributed by atoms with Crippen molar-refractivity contribution in [2.24, 2.45) is 0 Å². The second-order valence-electron chi connectivity index (χ2n) is 3.79. The minimum Gasteiger partial charge on any atom is -0.480 e. The van der Waals surface area contributed by atoms with Crippen molar-refractivity contribution in [3.63, 3.8) is 0 Å². The Morgan fingerprint density at radius 1 is 1.36 bits per heavy atom. The zero-order valence-corrected chi connectivity index (χ0v) is 9.65. The van der Waals surface area contributed by atoms with Gasteiger partial charge in [0.1, 0.15) is 13.2 Å². The lowest BCUT2D eigenvalue weighted by Crippen LogP contribution is -2.37.